The van der Waals surface area contributed by atoms with Crippen LogP contribution >= 0.6 is 23.2 Å². The molecule has 0 spiro atoms. The van der Waals surface area contributed by atoms with E-state index in [-0.39, 0.29) is 18.4 Å². The van der Waals surface area contributed by atoms with E-state index in [0.717, 1.165) is 0 Å². The second-order valence-electron chi connectivity index (χ2n) is 3.73. The molecule has 0 radical (unpaired) electrons. The molecule has 2 N–H and O–H groups in total. The average Bonchev–Trinajstić information content (AvgIpc) is 2.37. The van der Waals surface area contributed by atoms with Gasteiger partial charge in [-0.3, -0.25) is 4.79 Å². The lowest BCUT2D eigenvalue weighted by Gasteiger charge is -2.15. The fourth-order valence-corrected chi connectivity index (χ4v) is 2.06. The number of ether oxygens (including phenoxy) is 2. The van der Waals surface area contributed by atoms with Crippen molar-refractivity contribution in [1.29, 1.82) is 0 Å². The van der Waals surface area contributed by atoms with Gasteiger partial charge in [0.25, 0.3) is 0 Å². The van der Waals surface area contributed by atoms with E-state index in [9.17, 15) is 4.79 Å². The first kappa shape index (κ1) is 15.1. The molecule has 0 saturated carbocycles. The minimum atomic E-state index is -0.375. The number of hydrogen-bond acceptors (Lipinski definition) is 4. The van der Waals surface area contributed by atoms with Crippen LogP contribution in [0.2, 0.25) is 10.0 Å². The quantitative estimate of drug-likeness (QED) is 0.847. The fraction of sp³-hybridized carbons (Fsp3) is 0.417. The third-order valence-corrected chi connectivity index (χ3v) is 3.18. The number of carbonyl (C=O) groups excluding carboxylic acids is 1. The van der Waals surface area contributed by atoms with Crippen LogP contribution in [0, 0.1) is 0 Å². The topological polar surface area (TPSA) is 61.5 Å². The zero-order valence-electron chi connectivity index (χ0n) is 10.2. The van der Waals surface area contributed by atoms with Crippen molar-refractivity contribution >= 4 is 29.2 Å². The van der Waals surface area contributed by atoms with Gasteiger partial charge in [0.2, 0.25) is 0 Å². The van der Waals surface area contributed by atoms with Crippen LogP contribution in [0.15, 0.2) is 12.1 Å². The van der Waals surface area contributed by atoms with E-state index in [0.29, 0.717) is 27.8 Å². The number of benzene rings is 1. The molecule has 0 amide bonds. The SMILES string of the molecule is COC(=O)CCC(N)c1cc(Cl)c(OC)cc1Cl. The number of hydrogen-bond donors (Lipinski definition) is 1. The van der Waals surface area contributed by atoms with E-state index in [4.69, 9.17) is 33.7 Å². The molecule has 0 saturated heterocycles. The summed E-state index contributed by atoms with van der Waals surface area (Å²) < 4.78 is 9.60. The van der Waals surface area contributed by atoms with Crippen molar-refractivity contribution in [3.05, 3.63) is 27.7 Å². The lowest BCUT2D eigenvalue weighted by Crippen LogP contribution is -2.13. The Morgan fingerprint density at radius 3 is 2.56 bits per heavy atom. The molecule has 4 nitrogen and oxygen atoms in total. The molecular weight excluding hydrogens is 277 g/mol. The van der Waals surface area contributed by atoms with E-state index in [2.05, 4.69) is 4.74 Å². The summed E-state index contributed by atoms with van der Waals surface area (Å²) in [6, 6.07) is 2.89. The standard InChI is InChI=1S/C12H15Cl2NO3/c1-17-11-6-8(13)7(5-9(11)14)10(15)3-4-12(16)18-2/h5-6,10H,3-4,15H2,1-2H3. The van der Waals surface area contributed by atoms with Gasteiger partial charge in [0.05, 0.1) is 19.2 Å². The number of rotatable bonds is 5. The van der Waals surface area contributed by atoms with Gasteiger partial charge in [0, 0.05) is 23.6 Å². The van der Waals surface area contributed by atoms with Crippen molar-refractivity contribution < 1.29 is 14.3 Å². The highest BCUT2D eigenvalue weighted by molar-refractivity contribution is 6.34. The molecule has 1 atom stereocenters. The summed E-state index contributed by atoms with van der Waals surface area (Å²) in [5.74, 6) is 0.187. The maximum atomic E-state index is 11.0. The lowest BCUT2D eigenvalue weighted by atomic mass is 10.0. The second kappa shape index (κ2) is 6.83. The number of carbonyl (C=O) groups is 1. The number of esters is 1. The second-order valence-corrected chi connectivity index (χ2v) is 4.54. The Balaban J connectivity index is 2.82. The molecular formula is C12H15Cl2NO3. The maximum absolute atomic E-state index is 11.0. The van der Waals surface area contributed by atoms with E-state index >= 15 is 0 Å². The number of nitrogens with two attached hydrogens (primary N) is 1. The van der Waals surface area contributed by atoms with Crippen LogP contribution in [-0.2, 0) is 9.53 Å². The Hall–Kier alpha value is -0.970. The van der Waals surface area contributed by atoms with Gasteiger partial charge in [-0.15, -0.1) is 0 Å². The zero-order valence-corrected chi connectivity index (χ0v) is 11.7. The number of halogens is 2. The Kier molecular flexibility index (Phi) is 5.72. The predicted molar refractivity (Wildman–Crippen MR) is 71.2 cm³/mol. The molecule has 0 aromatic heterocycles. The van der Waals surface area contributed by atoms with E-state index < -0.39 is 0 Å². The van der Waals surface area contributed by atoms with Crippen molar-refractivity contribution in [1.82, 2.24) is 0 Å². The summed E-state index contributed by atoms with van der Waals surface area (Å²) in [7, 11) is 2.85. The average molecular weight is 292 g/mol. The molecule has 1 aromatic carbocycles. The Labute approximate surface area is 116 Å². The van der Waals surface area contributed by atoms with Crippen LogP contribution in [0.25, 0.3) is 0 Å². The molecule has 0 aliphatic rings. The largest absolute Gasteiger partial charge is 0.495 e. The van der Waals surface area contributed by atoms with Gasteiger partial charge in [-0.2, -0.15) is 0 Å². The Bertz CT molecular complexity index is 438. The van der Waals surface area contributed by atoms with Crippen LogP contribution in [0.1, 0.15) is 24.4 Å². The monoisotopic (exact) mass is 291 g/mol. The van der Waals surface area contributed by atoms with Crippen molar-refractivity contribution in [2.45, 2.75) is 18.9 Å². The first-order valence-corrected chi connectivity index (χ1v) is 6.10. The van der Waals surface area contributed by atoms with Crippen LogP contribution in [0.3, 0.4) is 0 Å². The van der Waals surface area contributed by atoms with Crippen molar-refractivity contribution in [3.8, 4) is 5.75 Å². The van der Waals surface area contributed by atoms with Crippen molar-refractivity contribution in [2.75, 3.05) is 14.2 Å². The summed E-state index contributed by atoms with van der Waals surface area (Å²) in [5, 5.41) is 0.902. The van der Waals surface area contributed by atoms with Gasteiger partial charge in [-0.05, 0) is 18.1 Å². The Morgan fingerprint density at radius 1 is 1.33 bits per heavy atom. The van der Waals surface area contributed by atoms with Crippen LogP contribution in [-0.4, -0.2) is 20.2 Å². The third-order valence-electron chi connectivity index (χ3n) is 2.56. The molecule has 0 aliphatic heterocycles. The highest BCUT2D eigenvalue weighted by Crippen LogP contribution is 2.34. The molecule has 100 valence electrons. The van der Waals surface area contributed by atoms with E-state index in [1.807, 2.05) is 0 Å². The summed E-state index contributed by atoms with van der Waals surface area (Å²) in [5.41, 5.74) is 6.65. The van der Waals surface area contributed by atoms with Gasteiger partial charge in [0.15, 0.2) is 0 Å². The summed E-state index contributed by atoms with van der Waals surface area (Å²) in [6.07, 6.45) is 0.673. The van der Waals surface area contributed by atoms with E-state index in [1.54, 1.807) is 12.1 Å². The van der Waals surface area contributed by atoms with Crippen LogP contribution in [0.5, 0.6) is 5.75 Å². The smallest absolute Gasteiger partial charge is 0.305 e. The minimum Gasteiger partial charge on any atom is -0.495 e. The molecule has 6 heteroatoms. The first-order valence-electron chi connectivity index (χ1n) is 5.35. The zero-order chi connectivity index (χ0) is 13.7. The fourth-order valence-electron chi connectivity index (χ4n) is 1.52. The summed E-state index contributed by atoms with van der Waals surface area (Å²) in [6.45, 7) is 0. The van der Waals surface area contributed by atoms with Gasteiger partial charge in [-0.25, -0.2) is 0 Å². The van der Waals surface area contributed by atoms with Crippen LogP contribution in [0.4, 0.5) is 0 Å². The van der Waals surface area contributed by atoms with Gasteiger partial charge in [0.1, 0.15) is 5.75 Å². The Morgan fingerprint density at radius 2 is 2.00 bits per heavy atom. The number of methoxy groups -OCH3 is 2. The molecule has 1 unspecified atom stereocenters. The van der Waals surface area contributed by atoms with Gasteiger partial charge in [-0.1, -0.05) is 23.2 Å². The predicted octanol–water partition coefficient (Wildman–Crippen LogP) is 2.96. The molecule has 0 fully saturated rings. The highest BCUT2D eigenvalue weighted by Gasteiger charge is 2.15. The minimum absolute atomic E-state index is 0.234. The molecule has 0 bridgehead atoms. The van der Waals surface area contributed by atoms with E-state index in [1.165, 1.54) is 14.2 Å². The molecule has 18 heavy (non-hydrogen) atoms. The maximum Gasteiger partial charge on any atom is 0.305 e. The normalized spacial score (nSPS) is 12.1. The van der Waals surface area contributed by atoms with Crippen molar-refractivity contribution in [2.24, 2.45) is 5.73 Å². The molecule has 1 aromatic rings. The molecule has 0 aliphatic carbocycles. The lowest BCUT2D eigenvalue weighted by molar-refractivity contribution is -0.140. The van der Waals surface area contributed by atoms with Crippen molar-refractivity contribution in [3.63, 3.8) is 0 Å². The first-order chi connectivity index (χ1) is 8.49. The third kappa shape index (κ3) is 3.77. The summed E-state index contributed by atoms with van der Waals surface area (Å²) in [4.78, 5) is 11.0. The van der Waals surface area contributed by atoms with Gasteiger partial charge < -0.3 is 15.2 Å². The van der Waals surface area contributed by atoms with Gasteiger partial charge >= 0.3 is 5.97 Å². The highest BCUT2D eigenvalue weighted by atomic mass is 35.5. The molecule has 1 rings (SSSR count). The van der Waals surface area contributed by atoms with Crippen LogP contribution < -0.4 is 10.5 Å². The summed E-state index contributed by atoms with van der Waals surface area (Å²) >= 11 is 12.1. The molecule has 0 heterocycles.